The Morgan fingerprint density at radius 3 is 2.84 bits per heavy atom. The van der Waals surface area contributed by atoms with Crippen molar-refractivity contribution in [2.24, 2.45) is 0 Å². The average molecular weight is 328 g/mol. The van der Waals surface area contributed by atoms with Crippen LogP contribution < -0.4 is 10.5 Å². The highest BCUT2D eigenvalue weighted by Crippen LogP contribution is 2.27. The van der Waals surface area contributed by atoms with Crippen LogP contribution in [-0.4, -0.2) is 17.1 Å². The summed E-state index contributed by atoms with van der Waals surface area (Å²) in [6.07, 6.45) is 0. The summed E-state index contributed by atoms with van der Waals surface area (Å²) in [4.78, 5) is 8.03. The zero-order chi connectivity index (χ0) is 13.8. The maximum atomic E-state index is 13.6. The normalized spacial score (nSPS) is 10.5. The Bertz CT molecular complexity index is 595. The summed E-state index contributed by atoms with van der Waals surface area (Å²) in [6.45, 7) is 0.197. The first-order valence-corrected chi connectivity index (χ1v) is 6.13. The summed E-state index contributed by atoms with van der Waals surface area (Å²) >= 11 is 3.24. The first-order chi connectivity index (χ1) is 9.08. The van der Waals surface area contributed by atoms with Crippen molar-refractivity contribution >= 4 is 21.7 Å². The van der Waals surface area contributed by atoms with Gasteiger partial charge in [-0.25, -0.2) is 9.37 Å². The van der Waals surface area contributed by atoms with E-state index < -0.39 is 5.82 Å². The zero-order valence-electron chi connectivity index (χ0n) is 10.1. The number of nitrogen functional groups attached to an aromatic ring is 1. The van der Waals surface area contributed by atoms with E-state index in [2.05, 4.69) is 25.9 Å². The second kappa shape index (κ2) is 5.94. The van der Waals surface area contributed by atoms with Crippen LogP contribution in [0.3, 0.4) is 0 Å². The van der Waals surface area contributed by atoms with Gasteiger partial charge in [-0.05, 0) is 18.2 Å². The molecule has 2 rings (SSSR count). The highest BCUT2D eigenvalue weighted by molar-refractivity contribution is 9.10. The first kappa shape index (κ1) is 13.7. The van der Waals surface area contributed by atoms with E-state index in [0.29, 0.717) is 10.3 Å². The van der Waals surface area contributed by atoms with Crippen LogP contribution in [0, 0.1) is 5.82 Å². The Morgan fingerprint density at radius 1 is 1.32 bits per heavy atom. The summed E-state index contributed by atoms with van der Waals surface area (Å²) in [5.41, 5.74) is 5.62. The number of nitrogens with two attached hydrogens (primary N) is 1. The summed E-state index contributed by atoms with van der Waals surface area (Å²) in [5, 5.41) is 0. The second-order valence-corrected chi connectivity index (χ2v) is 4.57. The molecule has 0 amide bonds. The van der Waals surface area contributed by atoms with Gasteiger partial charge in [-0.2, -0.15) is 4.98 Å². The molecule has 0 saturated carbocycles. The van der Waals surface area contributed by atoms with Crippen LogP contribution in [0.2, 0.25) is 0 Å². The van der Waals surface area contributed by atoms with E-state index in [4.69, 9.17) is 15.2 Å². The van der Waals surface area contributed by atoms with Crippen molar-refractivity contribution in [3.05, 3.63) is 40.4 Å². The topological polar surface area (TPSA) is 70.3 Å². The smallest absolute Gasteiger partial charge is 0.224 e. The number of methoxy groups -OCH3 is 1. The molecule has 0 bridgehead atoms. The molecule has 2 aromatic rings. The molecule has 0 atom stereocenters. The zero-order valence-corrected chi connectivity index (χ0v) is 11.6. The Morgan fingerprint density at radius 2 is 2.11 bits per heavy atom. The van der Waals surface area contributed by atoms with Crippen LogP contribution in [0.1, 0.15) is 5.82 Å². The number of aromatic nitrogens is 2. The van der Waals surface area contributed by atoms with Crippen molar-refractivity contribution < 1.29 is 13.9 Å². The molecule has 2 N–H and O–H groups in total. The van der Waals surface area contributed by atoms with E-state index in [-0.39, 0.29) is 24.1 Å². The number of hydrogen-bond acceptors (Lipinski definition) is 5. The van der Waals surface area contributed by atoms with Crippen molar-refractivity contribution in [2.45, 2.75) is 6.61 Å². The van der Waals surface area contributed by atoms with E-state index in [9.17, 15) is 4.39 Å². The van der Waals surface area contributed by atoms with Gasteiger partial charge in [-0.15, -0.1) is 0 Å². The molecule has 0 radical (unpaired) electrons. The van der Waals surface area contributed by atoms with Crippen molar-refractivity contribution in [1.29, 1.82) is 0 Å². The molecule has 19 heavy (non-hydrogen) atoms. The molecular formula is C12H11BrFN3O2. The standard InChI is InChI=1S/C12H11BrFN3O2/c1-18-6-11-16-10(15)5-12(17-11)19-9-4-7(13)2-3-8(9)14/h2-5H,6H2,1H3,(H2,15,16,17). The quantitative estimate of drug-likeness (QED) is 0.934. The molecule has 1 heterocycles. The molecule has 100 valence electrons. The Balaban J connectivity index is 2.29. The van der Waals surface area contributed by atoms with E-state index >= 15 is 0 Å². The van der Waals surface area contributed by atoms with Crippen molar-refractivity contribution in [3.63, 3.8) is 0 Å². The molecule has 0 spiro atoms. The SMILES string of the molecule is COCc1nc(N)cc(Oc2cc(Br)ccc2F)n1. The van der Waals surface area contributed by atoms with Crippen LogP contribution in [0.5, 0.6) is 11.6 Å². The van der Waals surface area contributed by atoms with Gasteiger partial charge in [0.2, 0.25) is 5.88 Å². The maximum Gasteiger partial charge on any atom is 0.224 e. The van der Waals surface area contributed by atoms with E-state index in [1.165, 1.54) is 25.3 Å². The van der Waals surface area contributed by atoms with Gasteiger partial charge < -0.3 is 15.2 Å². The fraction of sp³-hybridized carbons (Fsp3) is 0.167. The van der Waals surface area contributed by atoms with Crippen LogP contribution in [0.4, 0.5) is 10.2 Å². The maximum absolute atomic E-state index is 13.6. The lowest BCUT2D eigenvalue weighted by atomic mass is 10.3. The highest BCUT2D eigenvalue weighted by Gasteiger charge is 2.09. The fourth-order valence-corrected chi connectivity index (χ4v) is 1.75. The van der Waals surface area contributed by atoms with Crippen LogP contribution in [0.15, 0.2) is 28.7 Å². The molecule has 0 fully saturated rings. The average Bonchev–Trinajstić information content (AvgIpc) is 2.33. The Kier molecular flexibility index (Phi) is 4.28. The van der Waals surface area contributed by atoms with Crippen molar-refractivity contribution in [1.82, 2.24) is 9.97 Å². The molecule has 0 aliphatic rings. The minimum Gasteiger partial charge on any atom is -0.436 e. The number of benzene rings is 1. The molecule has 1 aromatic heterocycles. The lowest BCUT2D eigenvalue weighted by Gasteiger charge is -2.08. The lowest BCUT2D eigenvalue weighted by Crippen LogP contribution is -2.03. The van der Waals surface area contributed by atoms with Gasteiger partial charge in [0.25, 0.3) is 0 Å². The van der Waals surface area contributed by atoms with E-state index in [1.54, 1.807) is 6.07 Å². The summed E-state index contributed by atoms with van der Waals surface area (Å²) in [6, 6.07) is 5.79. The van der Waals surface area contributed by atoms with Gasteiger partial charge in [0.1, 0.15) is 12.4 Å². The molecule has 0 saturated heterocycles. The first-order valence-electron chi connectivity index (χ1n) is 5.34. The van der Waals surface area contributed by atoms with Crippen LogP contribution in [-0.2, 0) is 11.3 Å². The Hall–Kier alpha value is -1.73. The third-order valence-electron chi connectivity index (χ3n) is 2.15. The monoisotopic (exact) mass is 327 g/mol. The van der Waals surface area contributed by atoms with Gasteiger partial charge in [0.15, 0.2) is 17.4 Å². The van der Waals surface area contributed by atoms with Gasteiger partial charge in [0.05, 0.1) is 0 Å². The molecular weight excluding hydrogens is 317 g/mol. The molecule has 0 unspecified atom stereocenters. The number of ether oxygens (including phenoxy) is 2. The third-order valence-corrected chi connectivity index (χ3v) is 2.64. The van der Waals surface area contributed by atoms with Crippen molar-refractivity contribution in [3.8, 4) is 11.6 Å². The number of halogens is 2. The number of anilines is 1. The lowest BCUT2D eigenvalue weighted by molar-refractivity contribution is 0.177. The van der Waals surface area contributed by atoms with Gasteiger partial charge >= 0.3 is 0 Å². The summed E-state index contributed by atoms with van der Waals surface area (Å²) in [5.74, 6) is 0.321. The second-order valence-electron chi connectivity index (χ2n) is 3.66. The predicted octanol–water partition coefficient (Wildman–Crippen LogP) is 2.90. The van der Waals surface area contributed by atoms with Crippen molar-refractivity contribution in [2.75, 3.05) is 12.8 Å². The molecule has 0 aliphatic carbocycles. The minimum atomic E-state index is -0.492. The Labute approximate surface area is 117 Å². The largest absolute Gasteiger partial charge is 0.436 e. The van der Waals surface area contributed by atoms with Crippen LogP contribution in [0.25, 0.3) is 0 Å². The van der Waals surface area contributed by atoms with Gasteiger partial charge in [-0.3, -0.25) is 0 Å². The predicted molar refractivity (Wildman–Crippen MR) is 71.3 cm³/mol. The number of rotatable bonds is 4. The highest BCUT2D eigenvalue weighted by atomic mass is 79.9. The third kappa shape index (κ3) is 3.62. The molecule has 0 aliphatic heterocycles. The van der Waals surface area contributed by atoms with Gasteiger partial charge in [-0.1, -0.05) is 15.9 Å². The number of nitrogens with zero attached hydrogens (tertiary/aromatic N) is 2. The molecule has 7 heteroatoms. The van der Waals surface area contributed by atoms with E-state index in [0.717, 1.165) is 0 Å². The molecule has 5 nitrogen and oxygen atoms in total. The minimum absolute atomic E-state index is 0.0517. The molecule has 1 aromatic carbocycles. The summed E-state index contributed by atoms with van der Waals surface area (Å²) in [7, 11) is 1.51. The number of hydrogen-bond donors (Lipinski definition) is 1. The van der Waals surface area contributed by atoms with Gasteiger partial charge in [0, 0.05) is 17.6 Å². The summed E-state index contributed by atoms with van der Waals surface area (Å²) < 4.78 is 24.5. The fourth-order valence-electron chi connectivity index (χ4n) is 1.41. The van der Waals surface area contributed by atoms with E-state index in [1.807, 2.05) is 0 Å². The van der Waals surface area contributed by atoms with Crippen LogP contribution >= 0.6 is 15.9 Å².